The Kier molecular flexibility index (Phi) is 6.58. The number of hydroxylamine groups is 2. The van der Waals surface area contributed by atoms with Gasteiger partial charge in [-0.15, -0.1) is 29.1 Å². The predicted molar refractivity (Wildman–Crippen MR) is 135 cm³/mol. The summed E-state index contributed by atoms with van der Waals surface area (Å²) in [6.07, 6.45) is 5.99. The Balaban J connectivity index is 1.40. The van der Waals surface area contributed by atoms with Crippen LogP contribution in [0.4, 0.5) is 0 Å². The summed E-state index contributed by atoms with van der Waals surface area (Å²) in [6, 6.07) is 5.91. The minimum Gasteiger partial charge on any atom is -0.357 e. The molecule has 13 heteroatoms. The number of aromatic nitrogens is 1. The molecule has 2 aliphatic rings. The van der Waals surface area contributed by atoms with Crippen LogP contribution in [0, 0.1) is 12.3 Å². The number of thiazole rings is 1. The number of amides is 2. The third-order valence-electron chi connectivity index (χ3n) is 6.31. The number of rotatable bonds is 4. The van der Waals surface area contributed by atoms with E-state index in [2.05, 4.69) is 16.2 Å². The summed E-state index contributed by atoms with van der Waals surface area (Å²) in [4.78, 5) is 32.8. The molecule has 5 rings (SSSR count). The zero-order valence-electron chi connectivity index (χ0n) is 19.3. The van der Waals surface area contributed by atoms with Gasteiger partial charge in [-0.1, -0.05) is 12.0 Å². The van der Waals surface area contributed by atoms with Gasteiger partial charge < -0.3 is 15.4 Å². The molecular weight excluding hydrogens is 522 g/mol. The van der Waals surface area contributed by atoms with Crippen LogP contribution in [-0.2, 0) is 27.8 Å². The summed E-state index contributed by atoms with van der Waals surface area (Å²) in [5.41, 5.74) is 1.43. The van der Waals surface area contributed by atoms with Crippen LogP contribution in [0.5, 0.6) is 0 Å². The Morgan fingerprint density at radius 1 is 1.22 bits per heavy atom. The van der Waals surface area contributed by atoms with E-state index in [1.165, 1.54) is 32.7 Å². The van der Waals surface area contributed by atoms with Crippen molar-refractivity contribution in [1.29, 1.82) is 0 Å². The molecule has 1 fully saturated rings. The Hall–Kier alpha value is -2.86. The lowest BCUT2D eigenvalue weighted by molar-refractivity contribution is -0.126. The monoisotopic (exact) mass is 545 g/mol. The van der Waals surface area contributed by atoms with Crippen LogP contribution in [0.15, 0.2) is 28.5 Å². The quantitative estimate of drug-likeness (QED) is 0.475. The van der Waals surface area contributed by atoms with Gasteiger partial charge in [0, 0.05) is 54.8 Å². The van der Waals surface area contributed by atoms with Crippen molar-refractivity contribution < 1.29 is 23.2 Å². The Labute approximate surface area is 216 Å². The number of likely N-dealkylation sites (N-methyl/N-ethyl adjacent to an activating group) is 1. The van der Waals surface area contributed by atoms with Gasteiger partial charge in [-0.05, 0) is 23.6 Å². The summed E-state index contributed by atoms with van der Waals surface area (Å²) in [6.45, 7) is 0.638. The van der Waals surface area contributed by atoms with Crippen LogP contribution in [0.2, 0.25) is 0 Å². The number of terminal acetylenes is 1. The molecule has 1 unspecified atom stereocenters. The van der Waals surface area contributed by atoms with E-state index < -0.39 is 27.9 Å². The highest BCUT2D eigenvalue weighted by atomic mass is 32.2. The maximum Gasteiger partial charge on any atom is 0.283 e. The highest BCUT2D eigenvalue weighted by Gasteiger charge is 2.41. The smallest absolute Gasteiger partial charge is 0.283 e. The number of carbonyl (C=O) groups is 2. The highest BCUT2D eigenvalue weighted by molar-refractivity contribution is 7.91. The number of carbonyl (C=O) groups excluding carboxylic acids is 2. The standard InChI is InChI=1S/C23H23N5O5S3/c1-3-14-4-5-15-11-20(34-18(15)10-14)36(32,33)27-8-9-28(17(12-27)21(29)24-2)23(30)22-25-16-6-7-26(31)13-19(16)35-22/h1,4-5,10-11,17,31H,6-9,12-13H2,2H3,(H,24,29). The number of benzene rings is 1. The second-order valence-electron chi connectivity index (χ2n) is 8.48. The first-order chi connectivity index (χ1) is 17.2. The van der Waals surface area contributed by atoms with E-state index >= 15 is 0 Å². The van der Waals surface area contributed by atoms with Crippen LogP contribution in [0.3, 0.4) is 0 Å². The maximum atomic E-state index is 13.5. The molecule has 1 aromatic carbocycles. The first-order valence-electron chi connectivity index (χ1n) is 11.2. The number of piperazine rings is 1. The zero-order chi connectivity index (χ0) is 25.6. The van der Waals surface area contributed by atoms with Gasteiger partial charge in [-0.2, -0.15) is 9.37 Å². The first kappa shape index (κ1) is 24.8. The van der Waals surface area contributed by atoms with Crippen LogP contribution >= 0.6 is 22.7 Å². The van der Waals surface area contributed by atoms with Crippen LogP contribution in [0.25, 0.3) is 10.1 Å². The van der Waals surface area contributed by atoms with Crippen molar-refractivity contribution in [2.75, 3.05) is 33.2 Å². The molecule has 2 amide bonds. The van der Waals surface area contributed by atoms with Crippen molar-refractivity contribution in [1.82, 2.24) is 24.6 Å². The van der Waals surface area contributed by atoms with Crippen molar-refractivity contribution in [3.63, 3.8) is 0 Å². The number of sulfonamides is 1. The number of hydrogen-bond donors (Lipinski definition) is 2. The normalized spacial score (nSPS) is 19.1. The third-order valence-corrected chi connectivity index (χ3v) is 10.8. The molecule has 2 aromatic heterocycles. The molecule has 1 atom stereocenters. The number of thiophene rings is 1. The average molecular weight is 546 g/mol. The molecule has 4 heterocycles. The van der Waals surface area contributed by atoms with Crippen molar-refractivity contribution in [2.24, 2.45) is 0 Å². The van der Waals surface area contributed by atoms with Crippen molar-refractivity contribution in [3.8, 4) is 12.3 Å². The van der Waals surface area contributed by atoms with Gasteiger partial charge in [0.25, 0.3) is 15.9 Å². The molecule has 0 radical (unpaired) electrons. The SMILES string of the molecule is C#Cc1ccc2cc(S(=O)(=O)N3CCN(C(=O)c4nc5c(s4)CN(O)CC5)C(C(=O)NC)C3)sc2c1. The maximum absolute atomic E-state index is 13.5. The van der Waals surface area contributed by atoms with Gasteiger partial charge in [0.15, 0.2) is 5.01 Å². The highest BCUT2D eigenvalue weighted by Crippen LogP contribution is 2.33. The topological polar surface area (TPSA) is 123 Å². The molecule has 188 valence electrons. The largest absolute Gasteiger partial charge is 0.357 e. The molecule has 36 heavy (non-hydrogen) atoms. The van der Waals surface area contributed by atoms with E-state index in [0.29, 0.717) is 25.1 Å². The van der Waals surface area contributed by atoms with Gasteiger partial charge in [0.1, 0.15) is 10.3 Å². The second kappa shape index (κ2) is 9.55. The molecule has 2 N–H and O–H groups in total. The fourth-order valence-electron chi connectivity index (χ4n) is 4.36. The molecule has 1 saturated heterocycles. The lowest BCUT2D eigenvalue weighted by Crippen LogP contribution is -2.61. The summed E-state index contributed by atoms with van der Waals surface area (Å²) in [5.74, 6) is 1.67. The van der Waals surface area contributed by atoms with Crippen LogP contribution in [0.1, 0.15) is 25.9 Å². The van der Waals surface area contributed by atoms with Crippen molar-refractivity contribution in [3.05, 3.63) is 45.4 Å². The lowest BCUT2D eigenvalue weighted by atomic mass is 10.1. The summed E-state index contributed by atoms with van der Waals surface area (Å²) >= 11 is 2.31. The summed E-state index contributed by atoms with van der Waals surface area (Å²) < 4.78 is 29.2. The van der Waals surface area contributed by atoms with E-state index in [1.54, 1.807) is 24.3 Å². The van der Waals surface area contributed by atoms with Crippen molar-refractivity contribution in [2.45, 2.75) is 23.2 Å². The Morgan fingerprint density at radius 3 is 2.78 bits per heavy atom. The number of nitrogens with zero attached hydrogens (tertiary/aromatic N) is 4. The number of hydrogen-bond acceptors (Lipinski definition) is 9. The molecule has 0 spiro atoms. The minimum absolute atomic E-state index is 0.0403. The van der Waals surface area contributed by atoms with Gasteiger partial charge in [0.2, 0.25) is 5.91 Å². The van der Waals surface area contributed by atoms with Crippen molar-refractivity contribution >= 4 is 54.6 Å². The van der Waals surface area contributed by atoms with Gasteiger partial charge in [0.05, 0.1) is 12.2 Å². The first-order valence-corrected chi connectivity index (χ1v) is 14.2. The molecule has 0 bridgehead atoms. The van der Waals surface area contributed by atoms with E-state index in [1.807, 2.05) is 0 Å². The Bertz CT molecular complexity index is 1510. The minimum atomic E-state index is -3.90. The average Bonchev–Trinajstić information content (AvgIpc) is 3.51. The van der Waals surface area contributed by atoms with Crippen LogP contribution < -0.4 is 5.32 Å². The molecule has 10 nitrogen and oxygen atoms in total. The van der Waals surface area contributed by atoms with E-state index in [9.17, 15) is 23.2 Å². The van der Waals surface area contributed by atoms with E-state index in [4.69, 9.17) is 6.42 Å². The molecule has 2 aliphatic heterocycles. The van der Waals surface area contributed by atoms with Crippen LogP contribution in [-0.4, -0.2) is 84.0 Å². The number of fused-ring (bicyclic) bond motifs is 2. The van der Waals surface area contributed by atoms with E-state index in [-0.39, 0.29) is 28.9 Å². The fraction of sp³-hybridized carbons (Fsp3) is 0.348. The number of nitrogens with one attached hydrogen (secondary N) is 1. The van der Waals surface area contributed by atoms with Gasteiger partial charge in [-0.25, -0.2) is 13.4 Å². The lowest BCUT2D eigenvalue weighted by Gasteiger charge is -2.39. The molecular formula is C23H23N5O5S3. The summed E-state index contributed by atoms with van der Waals surface area (Å²) in [7, 11) is -2.45. The van der Waals surface area contributed by atoms with Gasteiger partial charge >= 0.3 is 0 Å². The van der Waals surface area contributed by atoms with E-state index in [0.717, 1.165) is 32.0 Å². The third kappa shape index (κ3) is 4.40. The van der Waals surface area contributed by atoms with Gasteiger partial charge in [-0.3, -0.25) is 9.59 Å². The Morgan fingerprint density at radius 2 is 2.03 bits per heavy atom. The summed E-state index contributed by atoms with van der Waals surface area (Å²) in [5, 5.41) is 14.5. The zero-order valence-corrected chi connectivity index (χ0v) is 21.8. The molecule has 0 saturated carbocycles. The molecule has 0 aliphatic carbocycles. The fourth-order valence-corrected chi connectivity index (χ4v) is 8.46. The second-order valence-corrected chi connectivity index (χ2v) is 12.8. The predicted octanol–water partition coefficient (Wildman–Crippen LogP) is 1.35. The molecule has 3 aromatic rings.